The number of aromatic nitrogens is 4. The third-order valence-electron chi connectivity index (χ3n) is 14.8. The number of hydrogen-bond acceptors (Lipinski definition) is 20. The highest BCUT2D eigenvalue weighted by molar-refractivity contribution is 7.09. The Labute approximate surface area is 489 Å². The van der Waals surface area contributed by atoms with E-state index in [1.165, 1.54) is 36.2 Å². The topological polar surface area (TPSA) is 335 Å². The first-order chi connectivity index (χ1) is 39.1. The zero-order chi connectivity index (χ0) is 61.5. The number of carbonyl (C=O) groups excluding carboxylic acids is 4. The molecule has 0 bridgehead atoms. The normalized spacial score (nSPS) is 14.9. The number of nitrogens with two attached hydrogens (primary N) is 1. The van der Waals surface area contributed by atoms with Gasteiger partial charge in [0, 0.05) is 119 Å². The summed E-state index contributed by atoms with van der Waals surface area (Å²) in [5, 5.41) is 68.9. The largest absolute Gasteiger partial charge is 0.465 e. The number of aryl methyl sites for hydroxylation is 2. The molecule has 1 aliphatic heterocycles. The number of esters is 1. The number of fused-ring (bicyclic) bond motifs is 1. The first-order valence-corrected chi connectivity index (χ1v) is 28.9. The second-order valence-corrected chi connectivity index (χ2v) is 23.1. The second kappa shape index (κ2) is 30.0. The molecule has 4 aromatic heterocycles. The van der Waals surface area contributed by atoms with E-state index < -0.39 is 41.6 Å². The van der Waals surface area contributed by atoms with E-state index >= 15 is 0 Å². The Hall–Kier alpha value is -6.23. The number of benzene rings is 1. The molecule has 7 rings (SSSR count). The van der Waals surface area contributed by atoms with Crippen LogP contribution < -0.4 is 21.5 Å². The van der Waals surface area contributed by atoms with Gasteiger partial charge in [0.15, 0.2) is 0 Å². The molecule has 4 amide bonds. The number of pyridine rings is 2. The molecule has 5 aromatic rings. The van der Waals surface area contributed by atoms with Crippen molar-refractivity contribution in [1.29, 1.82) is 0 Å². The quantitative estimate of drug-likeness (QED) is 0.0124. The minimum atomic E-state index is -4.38. The average molecular weight is 1180 g/mol. The Morgan fingerprint density at radius 1 is 0.940 bits per heavy atom. The van der Waals surface area contributed by atoms with Crippen molar-refractivity contribution in [2.24, 2.45) is 17.1 Å². The van der Waals surface area contributed by atoms with Gasteiger partial charge in [0.05, 0.1) is 46.7 Å². The van der Waals surface area contributed by atoms with Crippen LogP contribution in [0, 0.1) is 11.3 Å². The van der Waals surface area contributed by atoms with Gasteiger partial charge in [0.2, 0.25) is 12.3 Å². The molecule has 11 N–H and O–H groups in total. The molecule has 1 aliphatic carbocycles. The molecule has 2 atom stereocenters. The van der Waals surface area contributed by atoms with Gasteiger partial charge in [-0.25, -0.2) is 15.2 Å². The van der Waals surface area contributed by atoms with Crippen LogP contribution in [0.4, 0.5) is 10.5 Å². The molecule has 1 aromatic carbocycles. The highest BCUT2D eigenvalue weighted by Crippen LogP contribution is 2.43. The molecular weight excluding hydrogens is 1090 g/mol. The highest BCUT2D eigenvalue weighted by atomic mass is 32.1. The van der Waals surface area contributed by atoms with E-state index in [4.69, 9.17) is 40.5 Å². The molecule has 5 heterocycles. The number of likely N-dealkylation sites (N-methyl/N-ethyl adjacent to an activating group) is 2. The number of anilines is 1. The molecule has 0 radical (unpaired) electrons. The van der Waals surface area contributed by atoms with Crippen molar-refractivity contribution in [2.75, 3.05) is 65.4 Å². The molecule has 1 saturated heterocycles. The average Bonchev–Trinajstić information content (AvgIpc) is 2.66. The number of nitrogens with one attached hydrogen (secondary N) is 2. The summed E-state index contributed by atoms with van der Waals surface area (Å²) in [4.78, 5) is 65.6. The first-order valence-electron chi connectivity index (χ1n) is 28.0. The van der Waals surface area contributed by atoms with Crippen molar-refractivity contribution in [2.45, 2.75) is 142 Å². The lowest BCUT2D eigenvalue weighted by atomic mass is 9.84. The third-order valence-corrected chi connectivity index (χ3v) is 15.7. The van der Waals surface area contributed by atoms with Gasteiger partial charge >= 0.3 is 29.7 Å². The smallest absolute Gasteiger partial charge is 0.340 e. The maximum absolute atomic E-state index is 12.2. The van der Waals surface area contributed by atoms with Gasteiger partial charge in [-0.3, -0.25) is 39.6 Å². The molecule has 24 nitrogen and oxygen atoms in total. The van der Waals surface area contributed by atoms with Gasteiger partial charge in [0.1, 0.15) is 6.04 Å². The minimum Gasteiger partial charge on any atom is -0.465 e. The minimum absolute atomic E-state index is 0.136. The van der Waals surface area contributed by atoms with Crippen LogP contribution in [-0.2, 0) is 43.2 Å². The van der Waals surface area contributed by atoms with E-state index in [0.29, 0.717) is 31.4 Å². The number of piperazine rings is 1. The number of rotatable bonds is 26. The van der Waals surface area contributed by atoms with Crippen molar-refractivity contribution in [3.63, 3.8) is 0 Å². The molecule has 2 unspecified atom stereocenters. The highest BCUT2D eigenvalue weighted by Gasteiger charge is 2.65. The lowest BCUT2D eigenvalue weighted by Gasteiger charge is -2.44. The van der Waals surface area contributed by atoms with Gasteiger partial charge < -0.3 is 65.3 Å². The van der Waals surface area contributed by atoms with Crippen molar-refractivity contribution >= 4 is 52.2 Å². The van der Waals surface area contributed by atoms with E-state index in [1.807, 2.05) is 24.4 Å². The summed E-state index contributed by atoms with van der Waals surface area (Å²) in [7, 11) is 3.47. The number of unbranched alkanes of at least 4 members (excludes halogenated alkanes) is 3. The molecule has 2 aliphatic rings. The number of thiazole rings is 1. The fraction of sp³-hybridized carbons (Fsp3) is 0.569. The summed E-state index contributed by atoms with van der Waals surface area (Å²) in [5.74, 6) is -14.4. The first kappa shape index (κ1) is 67.6. The molecule has 2 fully saturated rings. The number of hydrogen-bond donors (Lipinski definition) is 10. The third kappa shape index (κ3) is 17.7. The van der Waals surface area contributed by atoms with Crippen LogP contribution in [0.1, 0.15) is 109 Å². The second-order valence-electron chi connectivity index (χ2n) is 22.2. The number of primary amides is 1. The monoisotopic (exact) mass is 1180 g/mol. The van der Waals surface area contributed by atoms with Crippen LogP contribution >= 0.6 is 11.3 Å². The summed E-state index contributed by atoms with van der Waals surface area (Å²) < 4.78 is 14.0. The Kier molecular flexibility index (Phi) is 24.4. The molecule has 1 saturated carbocycles. The summed E-state index contributed by atoms with van der Waals surface area (Å²) in [6.45, 7) is 19.3. The van der Waals surface area contributed by atoms with Crippen LogP contribution in [-0.4, -0.2) is 185 Å². The standard InChI is InChI=1S/C42H59N7O4S.C11H23N3O9.C5H5N/c1-7-49-38-16-13-31(37-26-54-39(46-37)12-10-8-9-11-17-44-45-28-50)22-34(38)36(24-42(4,5)27-53-30(3)51)41(49)35-23-33(25-43-40(35)29(2)52-6)48-20-18-47(19-21-48)32-14-15-32;1-5(2)6(7(12)15)13(3)8(16)14(4)10(19,20)9(17,18)11(21,22)23;1-2-4-6-5-3-1/h13,16,22-23,25-26,28-29,32,44H,7-12,14-15,17-21,24,27H2,1-6H3,(H,45,50);5-6,17-23H,1-4H3,(H2,12,15);1-5H. The summed E-state index contributed by atoms with van der Waals surface area (Å²) in [6.07, 6.45) is 14.7. The molecular formula is C58H87N11O13S. The van der Waals surface area contributed by atoms with Gasteiger partial charge in [-0.05, 0) is 94.2 Å². The number of carbonyl (C=O) groups is 4. The van der Waals surface area contributed by atoms with Crippen molar-refractivity contribution < 1.29 is 64.4 Å². The van der Waals surface area contributed by atoms with E-state index in [-0.39, 0.29) is 22.4 Å². The molecule has 25 heteroatoms. The predicted molar refractivity (Wildman–Crippen MR) is 314 cm³/mol. The fourth-order valence-electron chi connectivity index (χ4n) is 10.0. The van der Waals surface area contributed by atoms with Crippen LogP contribution in [0.15, 0.2) is 66.4 Å². The summed E-state index contributed by atoms with van der Waals surface area (Å²) >= 11 is 1.73. The van der Waals surface area contributed by atoms with Gasteiger partial charge in [0.25, 0.3) is 0 Å². The predicted octanol–water partition coefficient (Wildman–Crippen LogP) is 3.84. The number of ether oxygens (including phenoxy) is 2. The number of methoxy groups -OCH3 is 1. The lowest BCUT2D eigenvalue weighted by molar-refractivity contribution is -0.525. The molecule has 458 valence electrons. The van der Waals surface area contributed by atoms with Crippen LogP contribution in [0.5, 0.6) is 0 Å². The van der Waals surface area contributed by atoms with Crippen molar-refractivity contribution in [3.05, 3.63) is 82.7 Å². The van der Waals surface area contributed by atoms with Gasteiger partial charge in [-0.2, -0.15) is 0 Å². The van der Waals surface area contributed by atoms with E-state index in [2.05, 4.69) is 87.5 Å². The van der Waals surface area contributed by atoms with Crippen LogP contribution in [0.2, 0.25) is 0 Å². The lowest BCUT2D eigenvalue weighted by Crippen LogP contribution is -2.75. The maximum atomic E-state index is 12.2. The Morgan fingerprint density at radius 3 is 2.14 bits per heavy atom. The van der Waals surface area contributed by atoms with E-state index in [0.717, 1.165) is 123 Å². The van der Waals surface area contributed by atoms with Gasteiger partial charge in [-0.15, -0.1) is 11.3 Å². The Balaban J connectivity index is 0.000000359. The maximum Gasteiger partial charge on any atom is 0.340 e. The van der Waals surface area contributed by atoms with E-state index in [9.17, 15) is 39.6 Å². The van der Waals surface area contributed by atoms with E-state index in [1.54, 1.807) is 44.7 Å². The zero-order valence-corrected chi connectivity index (χ0v) is 50.3. The zero-order valence-electron chi connectivity index (χ0n) is 49.5. The molecule has 83 heavy (non-hydrogen) atoms. The van der Waals surface area contributed by atoms with Gasteiger partial charge in [-0.1, -0.05) is 52.7 Å². The Bertz CT molecular complexity index is 2860. The number of urea groups is 1. The van der Waals surface area contributed by atoms with Crippen LogP contribution in [0.3, 0.4) is 0 Å². The van der Waals surface area contributed by atoms with Crippen molar-refractivity contribution in [3.8, 4) is 22.5 Å². The summed E-state index contributed by atoms with van der Waals surface area (Å²) in [5.41, 5.74) is 19.0. The number of amides is 4. The van der Waals surface area contributed by atoms with Crippen LogP contribution in [0.25, 0.3) is 33.4 Å². The number of nitrogens with zero attached hydrogens (tertiary/aromatic N) is 8. The SMILES string of the molecule is CC(C)C(C(N)=O)N(C)C(=O)N(C)C(O)(O)C(O)(O)C(O)(O)O.CCn1c(-c2cc(N3CCN(C4CC4)CC3)cnc2C(C)OC)c(CC(C)(C)COC(C)=O)c2cc(-c3csc(CCCCCCNNC=O)n3)ccc21.c1ccncc1. The Morgan fingerprint density at radius 2 is 1.60 bits per heavy atom. The fourth-order valence-corrected chi connectivity index (χ4v) is 10.9. The summed E-state index contributed by atoms with van der Waals surface area (Å²) in [6, 6.07) is 13.1. The molecule has 0 spiro atoms. The number of aliphatic hydroxyl groups is 7. The number of hydrazine groups is 1. The van der Waals surface area contributed by atoms with Crippen molar-refractivity contribution in [1.82, 2.24) is 45.1 Å².